The van der Waals surface area contributed by atoms with E-state index in [9.17, 15) is 4.79 Å². The van der Waals surface area contributed by atoms with Crippen LogP contribution in [0.3, 0.4) is 0 Å². The maximum atomic E-state index is 11.6. The molecule has 3 heteroatoms. The van der Waals surface area contributed by atoms with Gasteiger partial charge in [0.1, 0.15) is 18.1 Å². The van der Waals surface area contributed by atoms with Crippen molar-refractivity contribution in [1.29, 1.82) is 0 Å². The summed E-state index contributed by atoms with van der Waals surface area (Å²) < 4.78 is 11.0. The molecule has 0 radical (unpaired) electrons. The lowest BCUT2D eigenvalue weighted by Gasteiger charge is -2.14. The summed E-state index contributed by atoms with van der Waals surface area (Å²) in [6, 6.07) is 13.3. The number of carbonyl (C=O) groups is 1. The first-order chi connectivity index (χ1) is 12.3. The summed E-state index contributed by atoms with van der Waals surface area (Å²) in [4.78, 5) is 11.6. The van der Waals surface area contributed by atoms with E-state index in [1.807, 2.05) is 44.2 Å². The number of hydrogen-bond acceptors (Lipinski definition) is 3. The molecule has 0 aliphatic carbocycles. The van der Waals surface area contributed by atoms with Crippen molar-refractivity contribution in [2.24, 2.45) is 0 Å². The molecule has 134 valence electrons. The molecule has 0 heterocycles. The Hall–Kier alpha value is -3.07. The molecule has 0 aliphatic rings. The molecule has 0 amide bonds. The van der Waals surface area contributed by atoms with Crippen LogP contribution >= 0.6 is 0 Å². The van der Waals surface area contributed by atoms with E-state index in [4.69, 9.17) is 9.47 Å². The third-order valence-corrected chi connectivity index (χ3v) is 3.66. The molecule has 0 atom stereocenters. The molecule has 0 bridgehead atoms. The zero-order chi connectivity index (χ0) is 19.3. The minimum absolute atomic E-state index is 0.366. The Bertz CT molecular complexity index is 858. The van der Waals surface area contributed by atoms with Crippen LogP contribution in [0.1, 0.15) is 26.3 Å². The fraction of sp³-hybridized carbons (Fsp3) is 0.174. The van der Waals surface area contributed by atoms with Crippen LogP contribution in [-0.2, 0) is 4.79 Å². The number of esters is 1. The third-order valence-electron chi connectivity index (χ3n) is 3.66. The van der Waals surface area contributed by atoms with Gasteiger partial charge in [0, 0.05) is 11.1 Å². The topological polar surface area (TPSA) is 35.5 Å². The van der Waals surface area contributed by atoms with E-state index >= 15 is 0 Å². The summed E-state index contributed by atoms with van der Waals surface area (Å²) in [7, 11) is 0. The molecule has 2 aromatic carbocycles. The van der Waals surface area contributed by atoms with Gasteiger partial charge in [0.05, 0.1) is 0 Å². The van der Waals surface area contributed by atoms with E-state index in [-0.39, 0.29) is 0 Å². The lowest BCUT2D eigenvalue weighted by molar-refractivity contribution is -0.130. The molecular formula is C23H24O3. The minimum Gasteiger partial charge on any atom is -0.489 e. The largest absolute Gasteiger partial charge is 0.489 e. The monoisotopic (exact) mass is 348 g/mol. The fourth-order valence-electron chi connectivity index (χ4n) is 2.28. The molecule has 0 fully saturated rings. The van der Waals surface area contributed by atoms with Gasteiger partial charge in [-0.1, -0.05) is 37.9 Å². The van der Waals surface area contributed by atoms with Gasteiger partial charge in [-0.3, -0.25) is 0 Å². The number of hydrogen-bond donors (Lipinski definition) is 0. The van der Waals surface area contributed by atoms with Crippen LogP contribution in [0.25, 0.3) is 16.7 Å². The second-order valence-electron chi connectivity index (χ2n) is 6.43. The molecule has 0 N–H and O–H groups in total. The van der Waals surface area contributed by atoms with Crippen LogP contribution in [0.5, 0.6) is 11.5 Å². The van der Waals surface area contributed by atoms with Crippen molar-refractivity contribution in [3.05, 3.63) is 78.9 Å². The van der Waals surface area contributed by atoms with E-state index in [0.717, 1.165) is 33.6 Å². The average Bonchev–Trinajstić information content (AvgIpc) is 2.60. The van der Waals surface area contributed by atoms with Crippen molar-refractivity contribution < 1.29 is 14.3 Å². The first-order valence-corrected chi connectivity index (χ1v) is 8.33. The number of carbonyl (C=O) groups excluding carboxylic acids is 1. The number of rotatable bonds is 7. The highest BCUT2D eigenvalue weighted by atomic mass is 16.5. The van der Waals surface area contributed by atoms with E-state index < -0.39 is 5.97 Å². The summed E-state index contributed by atoms with van der Waals surface area (Å²) >= 11 is 0. The van der Waals surface area contributed by atoms with Crippen molar-refractivity contribution >= 4 is 11.5 Å². The van der Waals surface area contributed by atoms with Gasteiger partial charge in [-0.25, -0.2) is 4.79 Å². The lowest BCUT2D eigenvalue weighted by atomic mass is 9.99. The van der Waals surface area contributed by atoms with Crippen molar-refractivity contribution in [3.63, 3.8) is 0 Å². The fourth-order valence-corrected chi connectivity index (χ4v) is 2.28. The Kier molecular flexibility index (Phi) is 6.18. The predicted molar refractivity (Wildman–Crippen MR) is 107 cm³/mol. The van der Waals surface area contributed by atoms with E-state index in [0.29, 0.717) is 17.9 Å². The molecule has 0 saturated heterocycles. The number of benzene rings is 2. The SMILES string of the molecule is C=C(C)COc1ccc(-c2ccc(OC(=O)C(=C)C)cc2)cc1C(=C)C. The Morgan fingerprint density at radius 1 is 0.923 bits per heavy atom. The van der Waals surface area contributed by atoms with E-state index in [1.54, 1.807) is 19.1 Å². The smallest absolute Gasteiger partial charge is 0.338 e. The first-order valence-electron chi connectivity index (χ1n) is 8.33. The number of ether oxygens (including phenoxy) is 2. The second kappa shape index (κ2) is 8.34. The Morgan fingerprint density at radius 2 is 1.54 bits per heavy atom. The summed E-state index contributed by atoms with van der Waals surface area (Å²) in [5.74, 6) is 0.848. The molecule has 0 saturated carbocycles. The second-order valence-corrected chi connectivity index (χ2v) is 6.43. The highest BCUT2D eigenvalue weighted by Crippen LogP contribution is 2.31. The first kappa shape index (κ1) is 19.3. The quantitative estimate of drug-likeness (QED) is 0.274. The predicted octanol–water partition coefficient (Wildman–Crippen LogP) is 5.82. The van der Waals surface area contributed by atoms with E-state index in [2.05, 4.69) is 19.7 Å². The van der Waals surface area contributed by atoms with Crippen LogP contribution in [0, 0.1) is 0 Å². The normalized spacial score (nSPS) is 10.1. The average molecular weight is 348 g/mol. The molecule has 2 aromatic rings. The highest BCUT2D eigenvalue weighted by molar-refractivity contribution is 5.88. The molecule has 3 nitrogen and oxygen atoms in total. The zero-order valence-corrected chi connectivity index (χ0v) is 15.6. The van der Waals surface area contributed by atoms with Crippen LogP contribution in [0.2, 0.25) is 0 Å². The maximum absolute atomic E-state index is 11.6. The van der Waals surface area contributed by atoms with Gasteiger partial charge in [0.15, 0.2) is 0 Å². The van der Waals surface area contributed by atoms with Gasteiger partial charge in [0.2, 0.25) is 0 Å². The van der Waals surface area contributed by atoms with Gasteiger partial charge in [-0.15, -0.1) is 0 Å². The summed E-state index contributed by atoms with van der Waals surface area (Å²) in [6.45, 7) is 17.5. The van der Waals surface area contributed by atoms with Gasteiger partial charge < -0.3 is 9.47 Å². The van der Waals surface area contributed by atoms with Crippen molar-refractivity contribution in [2.45, 2.75) is 20.8 Å². The number of allylic oxidation sites excluding steroid dienone is 1. The molecular weight excluding hydrogens is 324 g/mol. The highest BCUT2D eigenvalue weighted by Gasteiger charge is 2.09. The molecule has 2 rings (SSSR count). The van der Waals surface area contributed by atoms with Gasteiger partial charge >= 0.3 is 5.97 Å². The van der Waals surface area contributed by atoms with Crippen LogP contribution < -0.4 is 9.47 Å². The molecule has 0 aromatic heterocycles. The Balaban J connectivity index is 2.26. The maximum Gasteiger partial charge on any atom is 0.338 e. The van der Waals surface area contributed by atoms with Crippen LogP contribution in [0.15, 0.2) is 73.3 Å². The summed E-state index contributed by atoms with van der Waals surface area (Å²) in [5.41, 5.74) is 5.25. The lowest BCUT2D eigenvalue weighted by Crippen LogP contribution is -2.07. The summed E-state index contributed by atoms with van der Waals surface area (Å²) in [6.07, 6.45) is 0. The summed E-state index contributed by atoms with van der Waals surface area (Å²) in [5, 5.41) is 0. The molecule has 26 heavy (non-hydrogen) atoms. The molecule has 0 unspecified atom stereocenters. The molecule has 0 aliphatic heterocycles. The Labute approximate surface area is 155 Å². The van der Waals surface area contributed by atoms with Crippen LogP contribution in [-0.4, -0.2) is 12.6 Å². The standard InChI is InChI=1S/C23H24O3/c1-15(2)14-25-22-12-9-19(13-21(22)16(3)4)18-7-10-20(11-8-18)26-23(24)17(5)6/h7-13H,1,3,5,14H2,2,4,6H3. The minimum atomic E-state index is -0.429. The van der Waals surface area contributed by atoms with Gasteiger partial charge in [-0.2, -0.15) is 0 Å². The van der Waals surface area contributed by atoms with Gasteiger partial charge in [-0.05, 0) is 67.3 Å². The van der Waals surface area contributed by atoms with Crippen molar-refractivity contribution in [3.8, 4) is 22.6 Å². The zero-order valence-electron chi connectivity index (χ0n) is 15.6. The van der Waals surface area contributed by atoms with Gasteiger partial charge in [0.25, 0.3) is 0 Å². The molecule has 0 spiro atoms. The van der Waals surface area contributed by atoms with Crippen LogP contribution in [0.4, 0.5) is 0 Å². The third kappa shape index (κ3) is 4.96. The Morgan fingerprint density at radius 3 is 2.08 bits per heavy atom. The van der Waals surface area contributed by atoms with E-state index in [1.165, 1.54) is 0 Å². The van der Waals surface area contributed by atoms with Crippen molar-refractivity contribution in [2.75, 3.05) is 6.61 Å². The van der Waals surface area contributed by atoms with Crippen molar-refractivity contribution in [1.82, 2.24) is 0 Å².